The number of amides is 2. The molecule has 1 aliphatic heterocycles. The maximum atomic E-state index is 12.0. The molecule has 0 radical (unpaired) electrons. The number of urea groups is 1. The summed E-state index contributed by atoms with van der Waals surface area (Å²) in [4.78, 5) is 27.0. The molecule has 0 aliphatic carbocycles. The smallest absolute Gasteiger partial charge is 0.317 e. The first kappa shape index (κ1) is 16.8. The lowest BCUT2D eigenvalue weighted by atomic mass is 9.94. The van der Waals surface area contributed by atoms with Crippen LogP contribution in [0.15, 0.2) is 0 Å². The van der Waals surface area contributed by atoms with E-state index in [1.807, 2.05) is 0 Å². The van der Waals surface area contributed by atoms with Gasteiger partial charge in [0.25, 0.3) is 0 Å². The second-order valence-corrected chi connectivity index (χ2v) is 6.15. The molecule has 1 rings (SSSR count). The van der Waals surface area contributed by atoms with Crippen molar-refractivity contribution in [1.29, 1.82) is 0 Å². The largest absolute Gasteiger partial charge is 0.481 e. The Balaban J connectivity index is 2.41. The number of carboxylic acids is 1. The summed E-state index contributed by atoms with van der Waals surface area (Å²) in [6, 6.07) is 0.213. The quantitative estimate of drug-likeness (QED) is 0.769. The Morgan fingerprint density at radius 2 is 2.10 bits per heavy atom. The van der Waals surface area contributed by atoms with Crippen molar-refractivity contribution in [3.8, 4) is 0 Å². The van der Waals surface area contributed by atoms with Gasteiger partial charge in [0.1, 0.15) is 0 Å². The van der Waals surface area contributed by atoms with E-state index in [9.17, 15) is 9.59 Å². The highest BCUT2D eigenvalue weighted by Crippen LogP contribution is 2.17. The van der Waals surface area contributed by atoms with Crippen molar-refractivity contribution in [2.24, 2.45) is 5.41 Å². The number of carbonyl (C=O) groups excluding carboxylic acids is 1. The van der Waals surface area contributed by atoms with E-state index in [0.29, 0.717) is 12.6 Å². The Hall–Kier alpha value is -1.30. The molecule has 0 aromatic rings. The molecule has 2 amide bonds. The zero-order valence-electron chi connectivity index (χ0n) is 13.0. The number of nitrogens with one attached hydrogen (secondary N) is 1. The molecule has 0 aromatic heterocycles. The summed E-state index contributed by atoms with van der Waals surface area (Å²) in [5, 5.41) is 11.7. The van der Waals surface area contributed by atoms with E-state index in [1.54, 1.807) is 25.8 Å². The topological polar surface area (TPSA) is 72.9 Å². The molecule has 1 atom stereocenters. The van der Waals surface area contributed by atoms with Crippen LogP contribution in [0.25, 0.3) is 0 Å². The third kappa shape index (κ3) is 4.37. The second kappa shape index (κ2) is 6.92. The number of rotatable bonds is 6. The first-order chi connectivity index (χ1) is 9.27. The highest BCUT2D eigenvalue weighted by atomic mass is 16.4. The highest BCUT2D eigenvalue weighted by Gasteiger charge is 2.29. The van der Waals surface area contributed by atoms with Crippen molar-refractivity contribution in [2.45, 2.75) is 39.7 Å². The van der Waals surface area contributed by atoms with Gasteiger partial charge in [0, 0.05) is 26.2 Å². The van der Waals surface area contributed by atoms with Gasteiger partial charge in [0.05, 0.1) is 5.41 Å². The average Bonchev–Trinajstić information content (AvgIpc) is 2.82. The molecule has 0 aromatic carbocycles. The predicted molar refractivity (Wildman–Crippen MR) is 77.7 cm³/mol. The van der Waals surface area contributed by atoms with Crippen LogP contribution in [0.2, 0.25) is 0 Å². The molecule has 2 N–H and O–H groups in total. The van der Waals surface area contributed by atoms with Crippen LogP contribution in [0.3, 0.4) is 0 Å². The van der Waals surface area contributed by atoms with Gasteiger partial charge < -0.3 is 15.3 Å². The Morgan fingerprint density at radius 3 is 2.65 bits per heavy atom. The minimum Gasteiger partial charge on any atom is -0.481 e. The van der Waals surface area contributed by atoms with Gasteiger partial charge in [-0.15, -0.1) is 0 Å². The van der Waals surface area contributed by atoms with E-state index in [0.717, 1.165) is 19.5 Å². The summed E-state index contributed by atoms with van der Waals surface area (Å²) in [6.45, 7) is 8.26. The third-order valence-corrected chi connectivity index (χ3v) is 4.00. The van der Waals surface area contributed by atoms with Crippen LogP contribution in [0, 0.1) is 5.41 Å². The van der Waals surface area contributed by atoms with E-state index in [4.69, 9.17) is 5.11 Å². The van der Waals surface area contributed by atoms with Gasteiger partial charge in [-0.05, 0) is 39.8 Å². The molecule has 1 aliphatic rings. The number of hydrogen-bond acceptors (Lipinski definition) is 3. The summed E-state index contributed by atoms with van der Waals surface area (Å²) < 4.78 is 0. The minimum atomic E-state index is -0.945. The Morgan fingerprint density at radius 1 is 1.45 bits per heavy atom. The molecule has 0 bridgehead atoms. The number of aliphatic carboxylic acids is 1. The Kier molecular flexibility index (Phi) is 5.80. The highest BCUT2D eigenvalue weighted by molar-refractivity contribution is 5.77. The fraction of sp³-hybridized carbons (Fsp3) is 0.857. The molecule has 1 unspecified atom stereocenters. The molecule has 1 saturated heterocycles. The summed E-state index contributed by atoms with van der Waals surface area (Å²) >= 11 is 0. The third-order valence-electron chi connectivity index (χ3n) is 4.00. The van der Waals surface area contributed by atoms with Crippen molar-refractivity contribution in [1.82, 2.24) is 15.1 Å². The van der Waals surface area contributed by atoms with E-state index in [-0.39, 0.29) is 12.6 Å². The number of carbonyl (C=O) groups is 2. The molecule has 20 heavy (non-hydrogen) atoms. The van der Waals surface area contributed by atoms with E-state index in [2.05, 4.69) is 17.1 Å². The van der Waals surface area contributed by atoms with Crippen LogP contribution in [0.1, 0.15) is 33.6 Å². The van der Waals surface area contributed by atoms with Gasteiger partial charge in [-0.2, -0.15) is 0 Å². The summed E-state index contributed by atoms with van der Waals surface area (Å²) in [7, 11) is 1.76. The van der Waals surface area contributed by atoms with Gasteiger partial charge >= 0.3 is 12.0 Å². The van der Waals surface area contributed by atoms with Crippen molar-refractivity contribution >= 4 is 12.0 Å². The molecule has 0 spiro atoms. The number of nitrogens with zero attached hydrogens (tertiary/aromatic N) is 2. The summed E-state index contributed by atoms with van der Waals surface area (Å²) in [5.41, 5.74) is -0.945. The fourth-order valence-corrected chi connectivity index (χ4v) is 2.42. The van der Waals surface area contributed by atoms with Crippen molar-refractivity contribution in [2.75, 3.05) is 33.2 Å². The van der Waals surface area contributed by atoms with Gasteiger partial charge in [-0.25, -0.2) is 4.79 Å². The van der Waals surface area contributed by atoms with Crippen LogP contribution < -0.4 is 5.32 Å². The SMILES string of the molecule is CCN1CCCC1CN(C)C(=O)NCC(C)(C)C(=O)O. The lowest BCUT2D eigenvalue weighted by Gasteiger charge is -2.29. The van der Waals surface area contributed by atoms with Crippen molar-refractivity contribution in [3.05, 3.63) is 0 Å². The lowest BCUT2D eigenvalue weighted by molar-refractivity contribution is -0.146. The number of hydrogen-bond donors (Lipinski definition) is 2. The normalized spacial score (nSPS) is 19.9. The molecule has 1 heterocycles. The average molecular weight is 285 g/mol. The monoisotopic (exact) mass is 285 g/mol. The minimum absolute atomic E-state index is 0.133. The second-order valence-electron chi connectivity index (χ2n) is 6.15. The Labute approximate surface area is 121 Å². The van der Waals surface area contributed by atoms with Crippen LogP contribution in [-0.2, 0) is 4.79 Å². The Bertz CT molecular complexity index is 358. The van der Waals surface area contributed by atoms with Crippen molar-refractivity contribution < 1.29 is 14.7 Å². The fourth-order valence-electron chi connectivity index (χ4n) is 2.42. The van der Waals surface area contributed by atoms with Crippen LogP contribution in [-0.4, -0.2) is 66.2 Å². The molecular weight excluding hydrogens is 258 g/mol. The van der Waals surface area contributed by atoms with Crippen LogP contribution >= 0.6 is 0 Å². The van der Waals surface area contributed by atoms with E-state index >= 15 is 0 Å². The maximum absolute atomic E-state index is 12.0. The number of carboxylic acid groups (broad SMARTS) is 1. The van der Waals surface area contributed by atoms with Crippen LogP contribution in [0.5, 0.6) is 0 Å². The molecule has 6 heteroatoms. The van der Waals surface area contributed by atoms with Gasteiger partial charge in [0.15, 0.2) is 0 Å². The molecule has 1 fully saturated rings. The summed E-state index contributed by atoms with van der Waals surface area (Å²) in [5.74, 6) is -0.909. The van der Waals surface area contributed by atoms with Gasteiger partial charge in [0.2, 0.25) is 0 Å². The molecule has 116 valence electrons. The molecule has 6 nitrogen and oxygen atoms in total. The maximum Gasteiger partial charge on any atom is 0.317 e. The van der Waals surface area contributed by atoms with Crippen LogP contribution in [0.4, 0.5) is 4.79 Å². The van der Waals surface area contributed by atoms with Crippen molar-refractivity contribution in [3.63, 3.8) is 0 Å². The number of likely N-dealkylation sites (tertiary alicyclic amines) is 1. The predicted octanol–water partition coefficient (Wildman–Crippen LogP) is 1.22. The first-order valence-electron chi connectivity index (χ1n) is 7.24. The van der Waals surface area contributed by atoms with Gasteiger partial charge in [-0.3, -0.25) is 9.69 Å². The summed E-state index contributed by atoms with van der Waals surface area (Å²) in [6.07, 6.45) is 2.30. The molecular formula is C14H27N3O3. The lowest BCUT2D eigenvalue weighted by Crippen LogP contribution is -2.48. The van der Waals surface area contributed by atoms with E-state index in [1.165, 1.54) is 6.42 Å². The van der Waals surface area contributed by atoms with E-state index < -0.39 is 11.4 Å². The standard InChI is InChI=1S/C14H27N3O3/c1-5-17-8-6-7-11(17)9-16(4)13(20)15-10-14(2,3)12(18)19/h11H,5-10H2,1-4H3,(H,15,20)(H,18,19). The number of likely N-dealkylation sites (N-methyl/N-ethyl adjacent to an activating group) is 2. The van der Waals surface area contributed by atoms with Gasteiger partial charge in [-0.1, -0.05) is 6.92 Å². The zero-order chi connectivity index (χ0) is 15.3. The first-order valence-corrected chi connectivity index (χ1v) is 7.24. The molecule has 0 saturated carbocycles. The zero-order valence-corrected chi connectivity index (χ0v) is 13.0.